The molecule has 0 aliphatic carbocycles. The van der Waals surface area contributed by atoms with Gasteiger partial charge in [-0.25, -0.2) is 0 Å². The lowest BCUT2D eigenvalue weighted by Crippen LogP contribution is -2.28. The number of nitro groups is 1. The van der Waals surface area contributed by atoms with Crippen molar-refractivity contribution in [3.63, 3.8) is 0 Å². The molecule has 1 aromatic heterocycles. The van der Waals surface area contributed by atoms with Gasteiger partial charge in [-0.2, -0.15) is 5.10 Å². The van der Waals surface area contributed by atoms with Crippen molar-refractivity contribution in [1.82, 2.24) is 4.90 Å². The van der Waals surface area contributed by atoms with Crippen LogP contribution in [0.2, 0.25) is 5.02 Å². The SMILES string of the molecule is O=C(COc1ccc(Br)cc1/C=C1\S/C(=N/N=C\c2cccc([N+](=O)[O-])c2)N(Cc2ccco2)C1=O)Nc1ccc(Cl)cc1. The Labute approximate surface area is 268 Å². The maximum absolute atomic E-state index is 13.6. The highest BCUT2D eigenvalue weighted by molar-refractivity contribution is 9.10. The molecule has 11 nitrogen and oxygen atoms in total. The number of nitro benzene ring substituents is 1. The first kappa shape index (κ1) is 30.7. The van der Waals surface area contributed by atoms with Gasteiger partial charge in [0.25, 0.3) is 17.5 Å². The van der Waals surface area contributed by atoms with Crippen LogP contribution in [0.4, 0.5) is 11.4 Å². The summed E-state index contributed by atoms with van der Waals surface area (Å²) in [6.45, 7) is -0.167. The smallest absolute Gasteiger partial charge is 0.270 e. The first-order valence-corrected chi connectivity index (χ1v) is 14.8. The molecule has 14 heteroatoms. The minimum absolute atomic E-state index is 0.0776. The Hall–Kier alpha value is -4.72. The van der Waals surface area contributed by atoms with Gasteiger partial charge in [-0.05, 0) is 72.4 Å². The molecule has 0 saturated carbocycles. The summed E-state index contributed by atoms with van der Waals surface area (Å²) >= 11 is 10.4. The van der Waals surface area contributed by atoms with Crippen LogP contribution in [0.1, 0.15) is 16.9 Å². The second kappa shape index (κ2) is 14.2. The molecule has 1 aliphatic heterocycles. The third-order valence-electron chi connectivity index (χ3n) is 5.96. The lowest BCUT2D eigenvalue weighted by atomic mass is 10.2. The largest absolute Gasteiger partial charge is 0.483 e. The number of nitrogens with zero attached hydrogens (tertiary/aromatic N) is 4. The third-order valence-corrected chi connectivity index (χ3v) is 7.70. The molecule has 0 bridgehead atoms. The Balaban J connectivity index is 1.37. The topological polar surface area (TPSA) is 140 Å². The Morgan fingerprint density at radius 2 is 1.95 bits per heavy atom. The number of non-ortho nitro benzene ring substituents is 1. The second-order valence-corrected chi connectivity index (χ2v) is 11.4. The summed E-state index contributed by atoms with van der Waals surface area (Å²) in [5.41, 5.74) is 1.52. The van der Waals surface area contributed by atoms with E-state index < -0.39 is 4.92 Å². The van der Waals surface area contributed by atoms with Crippen molar-refractivity contribution < 1.29 is 23.7 Å². The molecule has 0 spiro atoms. The van der Waals surface area contributed by atoms with Gasteiger partial charge in [-0.15, -0.1) is 5.10 Å². The maximum Gasteiger partial charge on any atom is 0.270 e. The van der Waals surface area contributed by atoms with Gasteiger partial charge in [0.1, 0.15) is 11.5 Å². The molecule has 1 saturated heterocycles. The lowest BCUT2D eigenvalue weighted by Gasteiger charge is -2.13. The molecule has 1 fully saturated rings. The van der Waals surface area contributed by atoms with Crippen molar-refractivity contribution in [3.8, 4) is 5.75 Å². The van der Waals surface area contributed by atoms with E-state index >= 15 is 0 Å². The number of carbonyl (C=O) groups excluding carboxylic acids is 2. The summed E-state index contributed by atoms with van der Waals surface area (Å²) in [6.07, 6.45) is 4.52. The van der Waals surface area contributed by atoms with Gasteiger partial charge in [-0.1, -0.05) is 39.7 Å². The molecule has 4 aromatic rings. The van der Waals surface area contributed by atoms with E-state index in [-0.39, 0.29) is 35.8 Å². The Kier molecular flexibility index (Phi) is 9.89. The van der Waals surface area contributed by atoms with Gasteiger partial charge >= 0.3 is 0 Å². The monoisotopic (exact) mass is 693 g/mol. The quantitative estimate of drug-likeness (QED) is 0.0806. The Morgan fingerprint density at radius 3 is 2.70 bits per heavy atom. The van der Waals surface area contributed by atoms with Crippen LogP contribution in [0.15, 0.2) is 109 Å². The number of nitrogens with one attached hydrogen (secondary N) is 1. The van der Waals surface area contributed by atoms with E-state index in [1.54, 1.807) is 72.8 Å². The molecule has 2 amide bonds. The van der Waals surface area contributed by atoms with E-state index in [9.17, 15) is 19.7 Å². The predicted molar refractivity (Wildman–Crippen MR) is 173 cm³/mol. The van der Waals surface area contributed by atoms with Crippen LogP contribution in [-0.2, 0) is 16.1 Å². The zero-order chi connectivity index (χ0) is 31.1. The van der Waals surface area contributed by atoms with Crippen LogP contribution in [0.25, 0.3) is 6.08 Å². The summed E-state index contributed by atoms with van der Waals surface area (Å²) in [5, 5.41) is 23.0. The first-order valence-electron chi connectivity index (χ1n) is 12.8. The van der Waals surface area contributed by atoms with E-state index in [1.807, 2.05) is 0 Å². The average molecular weight is 695 g/mol. The fourth-order valence-corrected chi connectivity index (χ4v) is 5.35. The number of amidine groups is 1. The number of benzene rings is 3. The molecule has 2 heterocycles. The Bertz CT molecular complexity index is 1790. The number of thioether (sulfide) groups is 1. The van der Waals surface area contributed by atoms with Gasteiger partial charge in [-0.3, -0.25) is 24.6 Å². The number of halogens is 2. The van der Waals surface area contributed by atoms with Gasteiger partial charge in [0.2, 0.25) is 0 Å². The molecule has 44 heavy (non-hydrogen) atoms. The summed E-state index contributed by atoms with van der Waals surface area (Å²) < 4.78 is 12.0. The minimum atomic E-state index is -0.497. The van der Waals surface area contributed by atoms with Crippen LogP contribution in [0.3, 0.4) is 0 Å². The zero-order valence-corrected chi connectivity index (χ0v) is 25.7. The summed E-state index contributed by atoms with van der Waals surface area (Å²) in [7, 11) is 0. The number of amides is 2. The first-order chi connectivity index (χ1) is 21.2. The minimum Gasteiger partial charge on any atom is -0.483 e. The molecule has 3 aromatic carbocycles. The number of furan rings is 1. The average Bonchev–Trinajstić information content (AvgIpc) is 3.62. The van der Waals surface area contributed by atoms with Crippen LogP contribution < -0.4 is 10.1 Å². The predicted octanol–water partition coefficient (Wildman–Crippen LogP) is 7.13. The van der Waals surface area contributed by atoms with Gasteiger partial charge in [0, 0.05) is 38.4 Å². The number of rotatable bonds is 10. The van der Waals surface area contributed by atoms with Crippen molar-refractivity contribution in [2.75, 3.05) is 11.9 Å². The highest BCUT2D eigenvalue weighted by Gasteiger charge is 2.34. The molecule has 0 radical (unpaired) electrons. The highest BCUT2D eigenvalue weighted by atomic mass is 79.9. The van der Waals surface area contributed by atoms with Crippen molar-refractivity contribution in [3.05, 3.63) is 127 Å². The number of ether oxygens (including phenoxy) is 1. The molecule has 1 N–H and O–H groups in total. The molecular weight excluding hydrogens is 674 g/mol. The maximum atomic E-state index is 13.6. The van der Waals surface area contributed by atoms with Crippen molar-refractivity contribution in [2.45, 2.75) is 6.54 Å². The summed E-state index contributed by atoms with van der Waals surface area (Å²) in [4.78, 5) is 38.4. The number of hydrogen-bond donors (Lipinski definition) is 1. The van der Waals surface area contributed by atoms with Gasteiger partial charge in [0.05, 0.1) is 28.9 Å². The summed E-state index contributed by atoms with van der Waals surface area (Å²) in [5.74, 6) is 0.198. The van der Waals surface area contributed by atoms with Crippen molar-refractivity contribution >= 4 is 79.9 Å². The van der Waals surface area contributed by atoms with E-state index in [1.165, 1.54) is 29.5 Å². The molecular formula is C30H21BrClN5O6S. The van der Waals surface area contributed by atoms with E-state index in [2.05, 4.69) is 31.4 Å². The second-order valence-electron chi connectivity index (χ2n) is 9.09. The molecule has 0 atom stereocenters. The van der Waals surface area contributed by atoms with Crippen LogP contribution >= 0.6 is 39.3 Å². The number of carbonyl (C=O) groups is 2. The molecule has 1 aliphatic rings. The normalized spacial score (nSPS) is 15.0. The number of hydrogen-bond acceptors (Lipinski definition) is 9. The fourth-order valence-electron chi connectivity index (χ4n) is 3.92. The lowest BCUT2D eigenvalue weighted by molar-refractivity contribution is -0.384. The van der Waals surface area contributed by atoms with Gasteiger partial charge in [0.15, 0.2) is 11.8 Å². The molecule has 5 rings (SSSR count). The molecule has 0 unspecified atom stereocenters. The Morgan fingerprint density at radius 1 is 1.14 bits per heavy atom. The van der Waals surface area contributed by atoms with E-state index in [4.69, 9.17) is 20.8 Å². The highest BCUT2D eigenvalue weighted by Crippen LogP contribution is 2.36. The number of anilines is 1. The summed E-state index contributed by atoms with van der Waals surface area (Å²) in [6, 6.07) is 21.3. The zero-order valence-electron chi connectivity index (χ0n) is 22.6. The van der Waals surface area contributed by atoms with Crippen LogP contribution in [0, 0.1) is 10.1 Å². The van der Waals surface area contributed by atoms with Crippen LogP contribution in [0.5, 0.6) is 5.75 Å². The van der Waals surface area contributed by atoms with Gasteiger partial charge < -0.3 is 14.5 Å². The van der Waals surface area contributed by atoms with Crippen molar-refractivity contribution in [1.29, 1.82) is 0 Å². The van der Waals surface area contributed by atoms with E-state index in [0.717, 1.165) is 16.2 Å². The fraction of sp³-hybridized carbons (Fsp3) is 0.0667. The standard InChI is InChI=1S/C30H21BrClN5O6S/c31-21-6-11-26(43-18-28(38)34-23-9-7-22(32)8-10-23)20(14-21)15-27-29(39)36(17-25-5-2-12-42-25)30(44-27)35-33-16-19-3-1-4-24(13-19)37(40)41/h1-16H,17-18H2,(H,34,38)/b27-15-,33-16-,35-30+. The van der Waals surface area contributed by atoms with Crippen LogP contribution in [-0.4, -0.2) is 39.6 Å². The third kappa shape index (κ3) is 8.01. The van der Waals surface area contributed by atoms with E-state index in [0.29, 0.717) is 38.3 Å². The van der Waals surface area contributed by atoms with Crippen molar-refractivity contribution in [2.24, 2.45) is 10.2 Å². The molecule has 222 valence electrons.